The van der Waals surface area contributed by atoms with Gasteiger partial charge < -0.3 is 15.1 Å². The third-order valence-corrected chi connectivity index (χ3v) is 4.86. The summed E-state index contributed by atoms with van der Waals surface area (Å²) in [6, 6.07) is 6.64. The first-order chi connectivity index (χ1) is 11.6. The van der Waals surface area contributed by atoms with Crippen LogP contribution in [0.3, 0.4) is 0 Å². The van der Waals surface area contributed by atoms with Crippen molar-refractivity contribution in [1.82, 2.24) is 10.2 Å². The summed E-state index contributed by atoms with van der Waals surface area (Å²) < 4.78 is 13.0. The van der Waals surface area contributed by atoms with Crippen molar-refractivity contribution in [3.63, 3.8) is 0 Å². The lowest BCUT2D eigenvalue weighted by Crippen LogP contribution is -2.50. The van der Waals surface area contributed by atoms with Crippen molar-refractivity contribution >= 4 is 17.5 Å². The van der Waals surface area contributed by atoms with Gasteiger partial charge in [-0.05, 0) is 37.1 Å². The van der Waals surface area contributed by atoms with Crippen molar-refractivity contribution in [1.29, 1.82) is 0 Å². The monoisotopic (exact) mass is 333 g/mol. The first-order valence-corrected chi connectivity index (χ1v) is 8.69. The minimum atomic E-state index is -0.249. The highest BCUT2D eigenvalue weighted by Gasteiger charge is 2.24. The molecule has 130 valence electrons. The van der Waals surface area contributed by atoms with Gasteiger partial charge in [-0.25, -0.2) is 4.39 Å². The first-order valence-electron chi connectivity index (χ1n) is 8.69. The fraction of sp³-hybridized carbons (Fsp3) is 0.556. The summed E-state index contributed by atoms with van der Waals surface area (Å²) >= 11 is 0. The van der Waals surface area contributed by atoms with Gasteiger partial charge in [0.15, 0.2) is 0 Å². The molecule has 0 atom stereocenters. The standard InChI is InChI=1S/C18H24FN3O2/c19-14-5-7-16(8-6-14)21-9-11-22(12-10-21)18(24)13-17(23)20-15-3-1-2-4-15/h5-8,15H,1-4,9-13H2,(H,20,23). The third-order valence-electron chi connectivity index (χ3n) is 4.86. The molecule has 0 spiro atoms. The molecule has 1 saturated carbocycles. The van der Waals surface area contributed by atoms with Gasteiger partial charge in [0, 0.05) is 37.9 Å². The van der Waals surface area contributed by atoms with Crippen molar-refractivity contribution in [3.8, 4) is 0 Å². The molecule has 6 heteroatoms. The van der Waals surface area contributed by atoms with Gasteiger partial charge in [-0.1, -0.05) is 12.8 Å². The average molecular weight is 333 g/mol. The molecule has 3 rings (SSSR count). The van der Waals surface area contributed by atoms with Crippen LogP contribution < -0.4 is 10.2 Å². The van der Waals surface area contributed by atoms with E-state index >= 15 is 0 Å². The van der Waals surface area contributed by atoms with Crippen LogP contribution in [0.4, 0.5) is 10.1 Å². The number of carbonyl (C=O) groups excluding carboxylic acids is 2. The quantitative estimate of drug-likeness (QED) is 0.857. The van der Waals surface area contributed by atoms with Crippen LogP contribution in [-0.2, 0) is 9.59 Å². The maximum atomic E-state index is 13.0. The summed E-state index contributed by atoms with van der Waals surface area (Å²) in [6.07, 6.45) is 4.30. The lowest BCUT2D eigenvalue weighted by molar-refractivity contribution is -0.136. The van der Waals surface area contributed by atoms with Crippen molar-refractivity contribution in [2.45, 2.75) is 38.1 Å². The summed E-state index contributed by atoms with van der Waals surface area (Å²) in [6.45, 7) is 2.57. The second kappa shape index (κ2) is 7.64. The number of piperazine rings is 1. The van der Waals surface area contributed by atoms with E-state index in [1.807, 2.05) is 0 Å². The Kier molecular flexibility index (Phi) is 5.33. The molecule has 0 radical (unpaired) electrons. The van der Waals surface area contributed by atoms with E-state index in [4.69, 9.17) is 0 Å². The Morgan fingerprint density at radius 3 is 2.29 bits per heavy atom. The Morgan fingerprint density at radius 1 is 1.04 bits per heavy atom. The average Bonchev–Trinajstić information content (AvgIpc) is 3.08. The topological polar surface area (TPSA) is 52.7 Å². The van der Waals surface area contributed by atoms with E-state index in [-0.39, 0.29) is 30.1 Å². The fourth-order valence-corrected chi connectivity index (χ4v) is 3.46. The van der Waals surface area contributed by atoms with Crippen LogP contribution in [0.25, 0.3) is 0 Å². The SMILES string of the molecule is O=C(CC(=O)N1CCN(c2ccc(F)cc2)CC1)NC1CCCC1. The van der Waals surface area contributed by atoms with E-state index < -0.39 is 0 Å². The molecule has 1 aliphatic heterocycles. The number of benzene rings is 1. The van der Waals surface area contributed by atoms with Gasteiger partial charge >= 0.3 is 0 Å². The summed E-state index contributed by atoms with van der Waals surface area (Å²) in [5.41, 5.74) is 0.961. The fourth-order valence-electron chi connectivity index (χ4n) is 3.46. The Morgan fingerprint density at radius 2 is 1.67 bits per heavy atom. The molecule has 2 amide bonds. The highest BCUT2D eigenvalue weighted by atomic mass is 19.1. The van der Waals surface area contributed by atoms with E-state index in [1.54, 1.807) is 17.0 Å². The van der Waals surface area contributed by atoms with Crippen molar-refractivity contribution in [2.24, 2.45) is 0 Å². The van der Waals surface area contributed by atoms with Crippen LogP contribution in [0.5, 0.6) is 0 Å². The number of carbonyl (C=O) groups is 2. The summed E-state index contributed by atoms with van der Waals surface area (Å²) in [7, 11) is 0. The predicted molar refractivity (Wildman–Crippen MR) is 90.2 cm³/mol. The lowest BCUT2D eigenvalue weighted by Gasteiger charge is -2.36. The molecular weight excluding hydrogens is 309 g/mol. The van der Waals surface area contributed by atoms with Crippen molar-refractivity contribution in [3.05, 3.63) is 30.1 Å². The maximum absolute atomic E-state index is 13.0. The molecule has 1 heterocycles. The minimum Gasteiger partial charge on any atom is -0.368 e. The van der Waals surface area contributed by atoms with Crippen LogP contribution >= 0.6 is 0 Å². The molecule has 0 aromatic heterocycles. The Hall–Kier alpha value is -2.11. The molecule has 5 nitrogen and oxygen atoms in total. The zero-order chi connectivity index (χ0) is 16.9. The number of hydrogen-bond acceptors (Lipinski definition) is 3. The number of nitrogens with zero attached hydrogens (tertiary/aromatic N) is 2. The van der Waals surface area contributed by atoms with Crippen molar-refractivity contribution < 1.29 is 14.0 Å². The predicted octanol–water partition coefficient (Wildman–Crippen LogP) is 1.92. The number of hydrogen-bond donors (Lipinski definition) is 1. The molecule has 1 aromatic carbocycles. The molecular formula is C18H24FN3O2. The molecule has 1 aromatic rings. The zero-order valence-electron chi connectivity index (χ0n) is 13.8. The number of anilines is 1. The molecule has 2 fully saturated rings. The largest absolute Gasteiger partial charge is 0.368 e. The third kappa shape index (κ3) is 4.24. The summed E-state index contributed by atoms with van der Waals surface area (Å²) in [5, 5.41) is 2.96. The number of halogens is 1. The van der Waals surface area contributed by atoms with Crippen LogP contribution in [0.15, 0.2) is 24.3 Å². The van der Waals surface area contributed by atoms with Crippen LogP contribution in [0.2, 0.25) is 0 Å². The van der Waals surface area contributed by atoms with Gasteiger partial charge in [0.25, 0.3) is 0 Å². The number of rotatable bonds is 4. The second-order valence-electron chi connectivity index (χ2n) is 6.57. The normalized spacial score (nSPS) is 18.7. The second-order valence-corrected chi connectivity index (χ2v) is 6.57. The van der Waals surface area contributed by atoms with E-state index in [0.29, 0.717) is 26.2 Å². The summed E-state index contributed by atoms with van der Waals surface area (Å²) in [4.78, 5) is 28.1. The van der Waals surface area contributed by atoms with E-state index in [2.05, 4.69) is 10.2 Å². The Bertz CT molecular complexity index is 576. The molecule has 2 aliphatic rings. The molecule has 1 N–H and O–H groups in total. The lowest BCUT2D eigenvalue weighted by atomic mass is 10.2. The van der Waals surface area contributed by atoms with E-state index in [9.17, 15) is 14.0 Å². The molecule has 0 bridgehead atoms. The van der Waals surface area contributed by atoms with E-state index in [0.717, 1.165) is 31.4 Å². The van der Waals surface area contributed by atoms with Gasteiger partial charge in [0.2, 0.25) is 11.8 Å². The Balaban J connectivity index is 1.44. The molecule has 24 heavy (non-hydrogen) atoms. The van der Waals surface area contributed by atoms with Crippen LogP contribution in [-0.4, -0.2) is 48.9 Å². The first kappa shape index (κ1) is 16.7. The maximum Gasteiger partial charge on any atom is 0.232 e. The van der Waals surface area contributed by atoms with Crippen molar-refractivity contribution in [2.75, 3.05) is 31.1 Å². The van der Waals surface area contributed by atoms with Gasteiger partial charge in [0.1, 0.15) is 12.2 Å². The zero-order valence-corrected chi connectivity index (χ0v) is 13.8. The number of nitrogens with one attached hydrogen (secondary N) is 1. The van der Waals surface area contributed by atoms with Gasteiger partial charge in [-0.2, -0.15) is 0 Å². The molecule has 0 unspecified atom stereocenters. The molecule has 1 saturated heterocycles. The Labute approximate surface area is 141 Å². The highest BCUT2D eigenvalue weighted by Crippen LogP contribution is 2.18. The summed E-state index contributed by atoms with van der Waals surface area (Å²) in [5.74, 6) is -0.516. The van der Waals surface area contributed by atoms with Crippen LogP contribution in [0, 0.1) is 5.82 Å². The van der Waals surface area contributed by atoms with Gasteiger partial charge in [0.05, 0.1) is 0 Å². The van der Waals surface area contributed by atoms with E-state index in [1.165, 1.54) is 12.1 Å². The highest BCUT2D eigenvalue weighted by molar-refractivity contribution is 5.97. The number of amides is 2. The molecule has 1 aliphatic carbocycles. The van der Waals surface area contributed by atoms with Crippen LogP contribution in [0.1, 0.15) is 32.1 Å². The van der Waals surface area contributed by atoms with Gasteiger partial charge in [-0.15, -0.1) is 0 Å². The minimum absolute atomic E-state index is 0.0625. The van der Waals surface area contributed by atoms with Gasteiger partial charge in [-0.3, -0.25) is 9.59 Å². The smallest absolute Gasteiger partial charge is 0.232 e.